The number of aliphatic imine (C=N–C) groups is 1. The van der Waals surface area contributed by atoms with Crippen LogP contribution < -0.4 is 38.5 Å². The summed E-state index contributed by atoms with van der Waals surface area (Å²) in [5.74, 6) is -4.54. The van der Waals surface area contributed by atoms with Crippen molar-refractivity contribution in [1.29, 1.82) is 0 Å². The van der Waals surface area contributed by atoms with Crippen molar-refractivity contribution in [2.75, 3.05) is 18.9 Å². The Kier molecular flexibility index (Phi) is 15.9. The molecule has 212 valence electrons. The van der Waals surface area contributed by atoms with Gasteiger partial charge in [0.1, 0.15) is 24.2 Å². The van der Waals surface area contributed by atoms with Gasteiger partial charge in [-0.2, -0.15) is 12.6 Å². The van der Waals surface area contributed by atoms with Crippen LogP contribution in [0, 0.1) is 5.92 Å². The number of thiol groups is 1. The van der Waals surface area contributed by atoms with Crippen LogP contribution in [-0.2, 0) is 24.0 Å². The molecule has 0 spiro atoms. The van der Waals surface area contributed by atoms with Gasteiger partial charge in [0.15, 0.2) is 5.96 Å². The smallest absolute Gasteiger partial charge is 0.326 e. The number of hydrogen-bond acceptors (Lipinski definition) is 9. The van der Waals surface area contributed by atoms with Gasteiger partial charge < -0.3 is 48.7 Å². The van der Waals surface area contributed by atoms with Gasteiger partial charge in [-0.05, 0) is 32.1 Å². The number of nitrogens with one attached hydrogen (secondary N) is 4. The van der Waals surface area contributed by atoms with Crippen molar-refractivity contribution in [3.63, 3.8) is 0 Å². The molecule has 0 saturated carbocycles. The van der Waals surface area contributed by atoms with E-state index in [9.17, 15) is 34.2 Å². The summed E-state index contributed by atoms with van der Waals surface area (Å²) >= 11 is 4.01. The third kappa shape index (κ3) is 13.7. The number of guanidine groups is 1. The number of hydrogen-bond donors (Lipinski definition) is 10. The first-order chi connectivity index (χ1) is 17.2. The number of nitrogens with two attached hydrogens (primary N) is 3. The van der Waals surface area contributed by atoms with E-state index >= 15 is 0 Å². The second kappa shape index (κ2) is 17.4. The van der Waals surface area contributed by atoms with Gasteiger partial charge in [-0.1, -0.05) is 13.8 Å². The number of aliphatic hydroxyl groups is 1. The molecule has 0 rings (SSSR count). The highest BCUT2D eigenvalue weighted by Gasteiger charge is 2.30. The number of carboxylic acids is 1. The highest BCUT2D eigenvalue weighted by Crippen LogP contribution is 2.03. The van der Waals surface area contributed by atoms with Gasteiger partial charge in [-0.15, -0.1) is 0 Å². The quantitative estimate of drug-likeness (QED) is 0.0369. The Bertz CT molecular complexity index is 823. The van der Waals surface area contributed by atoms with E-state index in [1.54, 1.807) is 0 Å². The zero-order chi connectivity index (χ0) is 28.7. The van der Waals surface area contributed by atoms with Crippen LogP contribution in [0.2, 0.25) is 0 Å². The first-order valence-corrected chi connectivity index (χ1v) is 12.3. The summed E-state index contributed by atoms with van der Waals surface area (Å²) < 4.78 is 0. The van der Waals surface area contributed by atoms with Gasteiger partial charge in [0, 0.05) is 12.3 Å². The Morgan fingerprint density at radius 1 is 0.865 bits per heavy atom. The summed E-state index contributed by atoms with van der Waals surface area (Å²) in [5, 5.41) is 28.3. The van der Waals surface area contributed by atoms with Crippen molar-refractivity contribution >= 4 is 48.2 Å². The molecule has 0 radical (unpaired) electrons. The Morgan fingerprint density at radius 2 is 1.41 bits per heavy atom. The highest BCUT2D eigenvalue weighted by atomic mass is 32.1. The fourth-order valence-corrected chi connectivity index (χ4v) is 3.25. The number of aliphatic carboxylic acids is 1. The van der Waals surface area contributed by atoms with E-state index in [2.05, 4.69) is 38.9 Å². The van der Waals surface area contributed by atoms with Crippen LogP contribution in [0.15, 0.2) is 4.99 Å². The number of nitrogens with zero attached hydrogens (tertiary/aromatic N) is 1. The minimum absolute atomic E-state index is 0.0187. The Hall–Kier alpha value is -3.11. The lowest BCUT2D eigenvalue weighted by Gasteiger charge is -2.24. The number of carbonyl (C=O) groups is 5. The van der Waals surface area contributed by atoms with Gasteiger partial charge in [0.25, 0.3) is 0 Å². The molecule has 0 aromatic heterocycles. The zero-order valence-electron chi connectivity index (χ0n) is 21.3. The lowest BCUT2D eigenvalue weighted by Crippen LogP contribution is -2.59. The summed E-state index contributed by atoms with van der Waals surface area (Å²) in [4.78, 5) is 64.9. The number of aliphatic hydroxyl groups excluding tert-OH is 1. The second-order valence-electron chi connectivity index (χ2n) is 8.80. The van der Waals surface area contributed by atoms with Crippen LogP contribution >= 0.6 is 12.6 Å². The molecule has 12 N–H and O–H groups in total. The van der Waals surface area contributed by atoms with Crippen LogP contribution in [0.5, 0.6) is 0 Å². The van der Waals surface area contributed by atoms with Crippen molar-refractivity contribution in [2.24, 2.45) is 28.1 Å². The zero-order valence-corrected chi connectivity index (χ0v) is 22.2. The number of amides is 4. The summed E-state index contributed by atoms with van der Waals surface area (Å²) in [7, 11) is 0. The average Bonchev–Trinajstić information content (AvgIpc) is 2.81. The van der Waals surface area contributed by atoms with Gasteiger partial charge >= 0.3 is 5.97 Å². The Labute approximate surface area is 221 Å². The molecule has 15 nitrogen and oxygen atoms in total. The molecule has 5 atom stereocenters. The Morgan fingerprint density at radius 3 is 1.89 bits per heavy atom. The largest absolute Gasteiger partial charge is 0.480 e. The lowest BCUT2D eigenvalue weighted by atomic mass is 10.0. The molecule has 0 aromatic carbocycles. The second-order valence-corrected chi connectivity index (χ2v) is 9.17. The molecule has 0 bridgehead atoms. The molecule has 37 heavy (non-hydrogen) atoms. The van der Waals surface area contributed by atoms with Gasteiger partial charge in [0.05, 0.1) is 12.6 Å². The maximum absolute atomic E-state index is 12.6. The van der Waals surface area contributed by atoms with Crippen LogP contribution in [0.1, 0.15) is 40.0 Å². The maximum Gasteiger partial charge on any atom is 0.326 e. The molecule has 0 saturated heterocycles. The van der Waals surface area contributed by atoms with Crippen molar-refractivity contribution < 1.29 is 34.2 Å². The van der Waals surface area contributed by atoms with Gasteiger partial charge in [0.2, 0.25) is 23.6 Å². The minimum Gasteiger partial charge on any atom is -0.480 e. The molecule has 0 heterocycles. The first kappa shape index (κ1) is 33.9. The van der Waals surface area contributed by atoms with Crippen LogP contribution in [0.4, 0.5) is 0 Å². The minimum atomic E-state index is -1.46. The third-order valence-corrected chi connectivity index (χ3v) is 5.37. The van der Waals surface area contributed by atoms with Crippen molar-refractivity contribution in [3.8, 4) is 0 Å². The fourth-order valence-electron chi connectivity index (χ4n) is 2.99. The molecule has 0 unspecified atom stereocenters. The van der Waals surface area contributed by atoms with Crippen LogP contribution in [0.25, 0.3) is 0 Å². The molecule has 4 amide bonds. The van der Waals surface area contributed by atoms with Crippen molar-refractivity contribution in [3.05, 3.63) is 0 Å². The molecular formula is C21H40N8O7S. The van der Waals surface area contributed by atoms with E-state index in [-0.39, 0.29) is 37.0 Å². The normalized spacial score (nSPS) is 14.9. The van der Waals surface area contributed by atoms with E-state index in [0.29, 0.717) is 6.42 Å². The van der Waals surface area contributed by atoms with Crippen LogP contribution in [0.3, 0.4) is 0 Å². The van der Waals surface area contributed by atoms with Crippen molar-refractivity contribution in [1.82, 2.24) is 21.3 Å². The number of carbonyl (C=O) groups excluding carboxylic acids is 4. The molecular weight excluding hydrogens is 508 g/mol. The summed E-state index contributed by atoms with van der Waals surface area (Å²) in [6.45, 7) is 4.51. The van der Waals surface area contributed by atoms with E-state index in [4.69, 9.17) is 17.2 Å². The molecule has 0 aliphatic carbocycles. The lowest BCUT2D eigenvalue weighted by molar-refractivity contribution is -0.142. The Balaban J connectivity index is 5.02. The van der Waals surface area contributed by atoms with E-state index in [0.717, 1.165) is 0 Å². The fraction of sp³-hybridized carbons (Fsp3) is 0.714. The predicted octanol–water partition coefficient (Wildman–Crippen LogP) is -3.62. The summed E-state index contributed by atoms with van der Waals surface area (Å²) in [5.41, 5.74) is 16.2. The highest BCUT2D eigenvalue weighted by molar-refractivity contribution is 7.80. The SMILES string of the molecule is CC(C)C[C@H](N)C(=O)N[C@@H](C)C(=O)N[C@@H](CO)C(=O)N[C@@H](CS)C(=O)N[C@@H](CCCN=C(N)N)C(=O)O. The van der Waals surface area contributed by atoms with Crippen LogP contribution in [-0.4, -0.2) is 94.9 Å². The van der Waals surface area contributed by atoms with E-state index < -0.39 is 66.4 Å². The standard InChI is InChI=1S/C21H40N8O7S/c1-10(2)7-12(22)17(32)26-11(3)16(31)28-14(8-30)18(33)29-15(9-37)19(34)27-13(20(35)36)5-4-6-25-21(23)24/h10-15,30,37H,4-9,22H2,1-3H3,(H,26,32)(H,27,34)(H,28,31)(H,29,33)(H,35,36)(H4,23,24,25)/t11-,12-,13-,14-,15-/m0/s1. The summed E-state index contributed by atoms with van der Waals surface area (Å²) in [6.07, 6.45) is 0.696. The van der Waals surface area contributed by atoms with Crippen molar-refractivity contribution in [2.45, 2.75) is 70.2 Å². The molecule has 0 fully saturated rings. The van der Waals surface area contributed by atoms with E-state index in [1.807, 2.05) is 13.8 Å². The van der Waals surface area contributed by atoms with E-state index in [1.165, 1.54) is 6.92 Å². The monoisotopic (exact) mass is 548 g/mol. The molecule has 0 aliphatic rings. The molecule has 0 aromatic rings. The summed E-state index contributed by atoms with van der Waals surface area (Å²) in [6, 6.07) is -5.88. The number of rotatable bonds is 17. The molecule has 16 heteroatoms. The predicted molar refractivity (Wildman–Crippen MR) is 139 cm³/mol. The molecule has 0 aliphatic heterocycles. The van der Waals surface area contributed by atoms with Gasteiger partial charge in [-0.25, -0.2) is 4.79 Å². The number of carboxylic acid groups (broad SMARTS) is 1. The maximum atomic E-state index is 12.6. The average molecular weight is 549 g/mol. The van der Waals surface area contributed by atoms with Gasteiger partial charge in [-0.3, -0.25) is 24.2 Å². The first-order valence-electron chi connectivity index (χ1n) is 11.7. The third-order valence-electron chi connectivity index (χ3n) is 5.01. The topological polar surface area (TPSA) is 264 Å².